The van der Waals surface area contributed by atoms with E-state index in [1.165, 1.54) is 83.4 Å². The topological polar surface area (TPSA) is 525 Å². The number of aliphatic hydroxyl groups excluding tert-OH is 2. The number of carbonyl (C=O) groups excluding carboxylic acids is 15. The molecule has 40 heteroatoms. The molecule has 0 bridgehead atoms. The lowest BCUT2D eigenvalue weighted by molar-refractivity contribution is -0.150. The summed E-state index contributed by atoms with van der Waals surface area (Å²) in [6.45, 7) is 12.5. The minimum Gasteiger partial charge on any atom is -0.480 e. The highest BCUT2D eigenvalue weighted by Gasteiger charge is 2.48. The van der Waals surface area contributed by atoms with Crippen molar-refractivity contribution in [3.63, 3.8) is 0 Å². The zero-order chi connectivity index (χ0) is 99.1. The van der Waals surface area contributed by atoms with Crippen molar-refractivity contribution in [3.05, 3.63) is 126 Å². The monoisotopic (exact) mass is 1910 g/mol. The number of carboxylic acid groups (broad SMARTS) is 1. The molecule has 10 rings (SSSR count). The standard InChI is InChI=1S/C96H134FN19O19S/c1-12-14-26-75-87(126)107-68(37-54(3)4)91(130)112(11)80(83(98)122)51-136-52-81(119)102-71(40-57-31-33-60(97)34-32-57)94(133)114-35-21-20-29-76(114)89(128)108-69(38-55(5)6)93(132)115-36-22-30-77(115)88(127)104-67(43-61-46-99-53-101-61)85(124)105-70(39-56(7)8)95(134)116-48-62(118)44-79(116)90(129)103-66(41-58-45-100-65-25-18-16-23-63(58)65)84(123)109-73(50-117)86(125)106-72(92(131)111(10)78(27-15-13-2)96(135)110(75)9)42-59-47-113(49-82(120)121)74-28-19-17-24-64(59)74/h16-19,23-25,28,31-34,45-47,53-56,62,66-73,75-80,100,117-118H,12-15,20-22,26-27,29-30,35-44,48-52H2,1-11H3,(H2,98,122)(H,99,101)(H,102,119)(H,103,129)(H,104,127)(H,105,124)(H,106,125)(H,107,126)(H,108,128)(H,109,123)(H,120,121)/t62-,66+,67+,68+,69+,70+,71+,72+,73+,75+,76+,77+,78+,79+,80+/m1/s1. The van der Waals surface area contributed by atoms with Gasteiger partial charge in [-0.25, -0.2) is 9.37 Å². The number of fused-ring (bicyclic) bond motifs is 5. The number of aromatic nitrogens is 4. The fourth-order valence-corrected chi connectivity index (χ4v) is 19.5. The second-order valence-corrected chi connectivity index (χ2v) is 38.4. The number of hydrogen-bond acceptors (Lipinski definition) is 20. The number of amides is 15. The number of unbranched alkanes of at least 4 members (excludes halogenated alkanes) is 2. The van der Waals surface area contributed by atoms with E-state index < -0.39 is 223 Å². The number of H-pyrrole nitrogens is 2. The number of piperidine rings is 1. The minimum atomic E-state index is -1.93. The number of imidazole rings is 1. The van der Waals surface area contributed by atoms with Gasteiger partial charge < -0.3 is 108 Å². The largest absolute Gasteiger partial charge is 0.480 e. The van der Waals surface area contributed by atoms with E-state index in [0.29, 0.717) is 89.1 Å². The Morgan fingerprint density at radius 3 is 1.62 bits per heavy atom. The van der Waals surface area contributed by atoms with Crippen LogP contribution in [0.3, 0.4) is 0 Å². The first kappa shape index (κ1) is 106. The van der Waals surface area contributed by atoms with Crippen molar-refractivity contribution in [1.82, 2.24) is 91.5 Å². The summed E-state index contributed by atoms with van der Waals surface area (Å²) in [6.07, 6.45) is 6.24. The number of nitrogens with two attached hydrogens (primary N) is 1. The van der Waals surface area contributed by atoms with Crippen LogP contribution in [-0.2, 0) is 109 Å². The Hall–Kier alpha value is -12.3. The Kier molecular flexibility index (Phi) is 38.4. The number of aliphatic hydroxyl groups is 2. The maximum atomic E-state index is 15.9. The van der Waals surface area contributed by atoms with E-state index >= 15 is 62.3 Å². The molecule has 15 amide bonds. The Labute approximate surface area is 794 Å². The van der Waals surface area contributed by atoms with E-state index in [9.17, 15) is 34.1 Å². The van der Waals surface area contributed by atoms with Gasteiger partial charge in [0.1, 0.15) is 96.9 Å². The van der Waals surface area contributed by atoms with Crippen LogP contribution in [0.1, 0.15) is 174 Å². The number of hydrogen-bond donors (Lipinski definition) is 14. The van der Waals surface area contributed by atoms with Crippen molar-refractivity contribution in [2.24, 2.45) is 23.5 Å². The predicted molar refractivity (Wildman–Crippen MR) is 504 cm³/mol. The third kappa shape index (κ3) is 27.8. The first-order chi connectivity index (χ1) is 64.8. The molecular weight excluding hydrogens is 1770 g/mol. The van der Waals surface area contributed by atoms with Gasteiger partial charge in [0.05, 0.1) is 30.5 Å². The molecule has 0 spiro atoms. The van der Waals surface area contributed by atoms with Gasteiger partial charge in [-0.2, -0.15) is 0 Å². The molecule has 3 aromatic carbocycles. The molecule has 4 aliphatic rings. The van der Waals surface area contributed by atoms with Crippen LogP contribution in [0, 0.1) is 23.6 Å². The molecule has 6 aromatic rings. The number of aromatic amines is 2. The number of benzene rings is 3. The third-order valence-corrected chi connectivity index (χ3v) is 26.7. The highest BCUT2D eigenvalue weighted by Crippen LogP contribution is 2.31. The van der Waals surface area contributed by atoms with Gasteiger partial charge in [-0.1, -0.05) is 130 Å². The average Bonchev–Trinajstić information content (AvgIpc) is 1.64. The molecule has 136 heavy (non-hydrogen) atoms. The number of aliphatic carboxylic acids is 1. The molecule has 4 saturated heterocycles. The number of nitrogens with zero attached hydrogens (tertiary/aromatic N) is 8. The second-order valence-electron chi connectivity index (χ2n) is 37.4. The van der Waals surface area contributed by atoms with Gasteiger partial charge in [0, 0.05) is 119 Å². The molecule has 4 aliphatic heterocycles. The smallest absolute Gasteiger partial charge is 0.323 e. The van der Waals surface area contributed by atoms with Gasteiger partial charge in [-0.05, 0) is 123 Å². The molecule has 15 N–H and O–H groups in total. The van der Waals surface area contributed by atoms with E-state index in [1.807, 2.05) is 27.7 Å². The van der Waals surface area contributed by atoms with E-state index in [0.717, 1.165) is 26.5 Å². The zero-order valence-electron chi connectivity index (χ0n) is 79.3. The highest BCUT2D eigenvalue weighted by molar-refractivity contribution is 8.00. The Morgan fingerprint density at radius 1 is 0.522 bits per heavy atom. The van der Waals surface area contributed by atoms with E-state index in [2.05, 4.69) is 57.5 Å². The Balaban J connectivity index is 1.03. The molecule has 0 saturated carbocycles. The molecule has 38 nitrogen and oxygen atoms in total. The van der Waals surface area contributed by atoms with Gasteiger partial charge in [0.2, 0.25) is 88.6 Å². The molecule has 0 aliphatic carbocycles. The molecule has 0 unspecified atom stereocenters. The number of carboxylic acids is 1. The molecule has 0 radical (unpaired) electrons. The SMILES string of the molecule is CCCC[C@H]1C(=O)N(C)[C@@H](CCCC)C(=O)N[C@@H](CC(C)C)C(=O)N(C)[C@H](C(N)=O)CSCC(=O)N[C@@H](Cc2ccc(F)cc2)C(=O)N2CCCC[C@H]2C(=O)N[C@@H](CC(C)C)C(=O)N2CCC[C@H]2C(=O)N[C@@H](Cc2c[nH]cn2)C(=O)N[C@@H](CC(C)C)C(=O)N2C[C@H](O)C[C@H]2C(=O)N[C@@H](Cc2c[nH]c3ccccc23)C(=O)N[C@@H](CO)C(=O)N[C@@H](Cc2cn(CC(=O)O)c3ccccc23)C(=O)N1C. The summed E-state index contributed by atoms with van der Waals surface area (Å²) in [5, 5.41) is 56.4. The lowest BCUT2D eigenvalue weighted by Gasteiger charge is -2.38. The fraction of sp³-hybridized carbons (Fsp3) is 0.573. The summed E-state index contributed by atoms with van der Waals surface area (Å²) in [5.41, 5.74) is 8.69. The van der Waals surface area contributed by atoms with Crippen LogP contribution in [0.15, 0.2) is 97.7 Å². The summed E-state index contributed by atoms with van der Waals surface area (Å²) >= 11 is 0.889. The normalized spacial score (nSPS) is 25.5. The maximum Gasteiger partial charge on any atom is 0.323 e. The molecule has 3 aromatic heterocycles. The molecule has 740 valence electrons. The lowest BCUT2D eigenvalue weighted by Crippen LogP contribution is -2.62. The maximum absolute atomic E-state index is 15.9. The van der Waals surface area contributed by atoms with Gasteiger partial charge in [0.15, 0.2) is 0 Å². The van der Waals surface area contributed by atoms with Crippen LogP contribution < -0.4 is 48.3 Å². The van der Waals surface area contributed by atoms with Crippen molar-refractivity contribution in [1.29, 1.82) is 0 Å². The van der Waals surface area contributed by atoms with Crippen LogP contribution in [0.25, 0.3) is 21.8 Å². The van der Waals surface area contributed by atoms with Gasteiger partial charge >= 0.3 is 5.97 Å². The number of para-hydroxylation sites is 2. The van der Waals surface area contributed by atoms with Crippen LogP contribution in [0.2, 0.25) is 0 Å². The highest BCUT2D eigenvalue weighted by atomic mass is 32.2. The van der Waals surface area contributed by atoms with Crippen molar-refractivity contribution < 1.29 is 96.4 Å². The fourth-order valence-electron chi connectivity index (χ4n) is 18.5. The number of nitrogens with one attached hydrogen (secondary N) is 10. The van der Waals surface area contributed by atoms with Crippen LogP contribution in [0.5, 0.6) is 0 Å². The zero-order valence-corrected chi connectivity index (χ0v) is 80.1. The third-order valence-electron chi connectivity index (χ3n) is 25.6. The lowest BCUT2D eigenvalue weighted by atomic mass is 9.96. The van der Waals surface area contributed by atoms with Crippen molar-refractivity contribution in [3.8, 4) is 0 Å². The summed E-state index contributed by atoms with van der Waals surface area (Å²) in [5.74, 6) is -16.0. The van der Waals surface area contributed by atoms with Crippen LogP contribution in [-0.4, -0.2) is 308 Å². The summed E-state index contributed by atoms with van der Waals surface area (Å²) in [6, 6.07) is -1.41. The van der Waals surface area contributed by atoms with Crippen LogP contribution >= 0.6 is 11.8 Å². The van der Waals surface area contributed by atoms with Gasteiger partial charge in [-0.3, -0.25) is 76.7 Å². The van der Waals surface area contributed by atoms with Crippen molar-refractivity contribution >= 4 is 128 Å². The number of halogens is 1. The van der Waals surface area contributed by atoms with Gasteiger partial charge in [-0.15, -0.1) is 11.8 Å². The first-order valence-corrected chi connectivity index (χ1v) is 48.3. The molecule has 4 fully saturated rings. The Morgan fingerprint density at radius 2 is 1.02 bits per heavy atom. The Bertz CT molecular complexity index is 5220. The second kappa shape index (κ2) is 49.4. The van der Waals surface area contributed by atoms with Crippen molar-refractivity contribution in [2.45, 2.75) is 275 Å². The number of thioether (sulfide) groups is 1. The van der Waals surface area contributed by atoms with Crippen molar-refractivity contribution in [2.75, 3.05) is 58.9 Å². The number of primary amides is 1. The molecular formula is C96H134FN19O19S. The first-order valence-electron chi connectivity index (χ1n) is 47.1. The average molecular weight is 1910 g/mol. The van der Waals surface area contributed by atoms with E-state index in [-0.39, 0.29) is 107 Å². The molecule has 15 atom stereocenters. The summed E-state index contributed by atoms with van der Waals surface area (Å²) in [4.78, 5) is 257. The number of likely N-dealkylation sites (N-methyl/N-ethyl adjacent to an activating group) is 3. The van der Waals surface area contributed by atoms with Crippen LogP contribution in [0.4, 0.5) is 4.39 Å². The molecule has 7 heterocycles. The minimum absolute atomic E-state index is 0.000310. The van der Waals surface area contributed by atoms with E-state index in [4.69, 9.17) is 5.73 Å². The number of rotatable bonds is 24. The number of carbonyl (C=O) groups is 16. The predicted octanol–water partition coefficient (Wildman–Crippen LogP) is 2.78. The summed E-state index contributed by atoms with van der Waals surface area (Å²) in [7, 11) is 4.02. The quantitative estimate of drug-likeness (QED) is 0.0414. The van der Waals surface area contributed by atoms with E-state index in [1.54, 1.807) is 82.4 Å². The van der Waals surface area contributed by atoms with Gasteiger partial charge in [0.25, 0.3) is 0 Å². The summed E-state index contributed by atoms with van der Waals surface area (Å²) < 4.78 is 16.0.